The fourth-order valence-electron chi connectivity index (χ4n) is 1.29. The van der Waals surface area contributed by atoms with Gasteiger partial charge in [-0.15, -0.1) is 0 Å². The Kier molecular flexibility index (Phi) is 9.36. The van der Waals surface area contributed by atoms with Crippen LogP contribution in [-0.4, -0.2) is 55.8 Å². The molecule has 0 saturated heterocycles. The van der Waals surface area contributed by atoms with Crippen molar-refractivity contribution in [3.63, 3.8) is 0 Å². The fraction of sp³-hybridized carbons (Fsp3) is 0.867. The normalized spacial score (nSPS) is 14.0. The van der Waals surface area contributed by atoms with Crippen molar-refractivity contribution < 1.29 is 19.1 Å². The highest BCUT2D eigenvalue weighted by atomic mass is 32.1. The number of carbonyl (C=O) groups excluding carboxylic acids is 2. The van der Waals surface area contributed by atoms with Crippen LogP contribution in [0.1, 0.15) is 34.6 Å². The van der Waals surface area contributed by atoms with Crippen molar-refractivity contribution in [2.24, 2.45) is 5.41 Å². The summed E-state index contributed by atoms with van der Waals surface area (Å²) in [5, 5.41) is 3.04. The third-order valence-electron chi connectivity index (χ3n) is 3.49. The predicted molar refractivity (Wildman–Crippen MR) is 87.0 cm³/mol. The zero-order valence-electron chi connectivity index (χ0n) is 13.8. The quantitative estimate of drug-likeness (QED) is 0.324. The average Bonchev–Trinajstić information content (AvgIpc) is 2.41. The zero-order valence-corrected chi connectivity index (χ0v) is 14.7. The van der Waals surface area contributed by atoms with Crippen molar-refractivity contribution in [2.75, 3.05) is 33.0 Å². The molecule has 0 aromatic heterocycles. The van der Waals surface area contributed by atoms with Crippen LogP contribution in [-0.2, 0) is 19.1 Å². The number of rotatable bonds is 12. The van der Waals surface area contributed by atoms with Crippen LogP contribution in [0, 0.1) is 5.41 Å². The molecule has 0 amide bonds. The number of carbonyl (C=O) groups is 2. The lowest BCUT2D eigenvalue weighted by atomic mass is 9.85. The second-order valence-electron chi connectivity index (χ2n) is 6.25. The molecule has 0 heterocycles. The van der Waals surface area contributed by atoms with Crippen molar-refractivity contribution >= 4 is 24.7 Å². The first-order chi connectivity index (χ1) is 9.63. The molecule has 124 valence electrons. The van der Waals surface area contributed by atoms with E-state index in [1.807, 2.05) is 20.8 Å². The molecule has 0 aliphatic heterocycles. The van der Waals surface area contributed by atoms with Crippen LogP contribution in [0.15, 0.2) is 0 Å². The minimum Gasteiger partial charge on any atom is -0.378 e. The van der Waals surface area contributed by atoms with Gasteiger partial charge in [0.1, 0.15) is 12.9 Å². The molecule has 0 saturated carbocycles. The van der Waals surface area contributed by atoms with Gasteiger partial charge in [-0.25, -0.2) is 0 Å². The van der Waals surface area contributed by atoms with E-state index in [0.717, 1.165) is 6.29 Å². The van der Waals surface area contributed by atoms with Gasteiger partial charge < -0.3 is 19.6 Å². The summed E-state index contributed by atoms with van der Waals surface area (Å²) in [4.78, 5) is 22.6. The topological polar surface area (TPSA) is 64.6 Å². The Labute approximate surface area is 133 Å². The number of hydrogen-bond donors (Lipinski definition) is 2. The van der Waals surface area contributed by atoms with Crippen molar-refractivity contribution in [1.29, 1.82) is 0 Å². The molecular weight excluding hydrogens is 290 g/mol. The molecule has 5 nitrogen and oxygen atoms in total. The van der Waals surface area contributed by atoms with E-state index in [1.165, 1.54) is 0 Å². The van der Waals surface area contributed by atoms with Gasteiger partial charge in [0.25, 0.3) is 0 Å². The van der Waals surface area contributed by atoms with Crippen molar-refractivity contribution in [3.8, 4) is 0 Å². The predicted octanol–water partition coefficient (Wildman–Crippen LogP) is 1.50. The molecule has 0 aliphatic rings. The molecule has 6 heteroatoms. The maximum absolute atomic E-state index is 11.9. The van der Waals surface area contributed by atoms with Gasteiger partial charge in [-0.05, 0) is 13.8 Å². The van der Waals surface area contributed by atoms with Gasteiger partial charge in [0, 0.05) is 17.2 Å². The van der Waals surface area contributed by atoms with Gasteiger partial charge in [-0.1, -0.05) is 20.8 Å². The molecular formula is C15H29NO4S. The second kappa shape index (κ2) is 9.56. The maximum atomic E-state index is 11.9. The molecule has 0 aliphatic carbocycles. The summed E-state index contributed by atoms with van der Waals surface area (Å²) in [6, 6.07) is 0. The first-order valence-electron chi connectivity index (χ1n) is 7.21. The van der Waals surface area contributed by atoms with Crippen LogP contribution in [0.25, 0.3) is 0 Å². The molecule has 21 heavy (non-hydrogen) atoms. The van der Waals surface area contributed by atoms with Gasteiger partial charge in [0.2, 0.25) is 0 Å². The third-order valence-corrected chi connectivity index (χ3v) is 4.14. The minimum atomic E-state index is -0.526. The number of Topliss-reactive ketones (excluding diaryl/α,β-unsaturated/α-hetero) is 1. The summed E-state index contributed by atoms with van der Waals surface area (Å²) in [5.41, 5.74) is -1.02. The molecule has 1 unspecified atom stereocenters. The monoisotopic (exact) mass is 319 g/mol. The van der Waals surface area contributed by atoms with Crippen LogP contribution in [0.3, 0.4) is 0 Å². The lowest BCUT2D eigenvalue weighted by molar-refractivity contribution is -0.132. The Balaban J connectivity index is 3.62. The standard InChI is InChI=1S/C15H29NO4S/c1-12(21)15(4,5)13(18)10-20-9-8-19-7-6-16-14(2,3)11-17/h11-12,16,21H,6-10H2,1-5H3. The van der Waals surface area contributed by atoms with Crippen molar-refractivity contribution in [3.05, 3.63) is 0 Å². The molecule has 0 aromatic rings. The van der Waals surface area contributed by atoms with Crippen LogP contribution >= 0.6 is 12.6 Å². The first kappa shape index (κ1) is 20.6. The van der Waals surface area contributed by atoms with E-state index in [1.54, 1.807) is 13.8 Å². The first-order valence-corrected chi connectivity index (χ1v) is 7.73. The van der Waals surface area contributed by atoms with Crippen molar-refractivity contribution in [1.82, 2.24) is 5.32 Å². The van der Waals surface area contributed by atoms with Crippen LogP contribution in [0.4, 0.5) is 0 Å². The van der Waals surface area contributed by atoms with E-state index in [4.69, 9.17) is 9.47 Å². The number of nitrogens with one attached hydrogen (secondary N) is 1. The molecule has 0 radical (unpaired) electrons. The smallest absolute Gasteiger partial charge is 0.165 e. The van der Waals surface area contributed by atoms with E-state index in [2.05, 4.69) is 17.9 Å². The Morgan fingerprint density at radius 1 is 1.19 bits per heavy atom. The highest BCUT2D eigenvalue weighted by Crippen LogP contribution is 2.25. The zero-order chi connectivity index (χ0) is 16.5. The highest BCUT2D eigenvalue weighted by molar-refractivity contribution is 7.81. The van der Waals surface area contributed by atoms with Crippen LogP contribution in [0.5, 0.6) is 0 Å². The van der Waals surface area contributed by atoms with Gasteiger partial charge in [0.15, 0.2) is 5.78 Å². The van der Waals surface area contributed by atoms with E-state index in [9.17, 15) is 9.59 Å². The molecule has 1 N–H and O–H groups in total. The number of aldehydes is 1. The molecule has 1 atom stereocenters. The number of thiol groups is 1. The number of hydrogen-bond acceptors (Lipinski definition) is 6. The van der Waals surface area contributed by atoms with Gasteiger partial charge in [-0.3, -0.25) is 4.79 Å². The number of ether oxygens (including phenoxy) is 2. The fourth-order valence-corrected chi connectivity index (χ4v) is 1.43. The Morgan fingerprint density at radius 2 is 1.76 bits per heavy atom. The Bertz CT molecular complexity index is 330. The van der Waals surface area contributed by atoms with Gasteiger partial charge in [-0.2, -0.15) is 12.6 Å². The van der Waals surface area contributed by atoms with E-state index in [-0.39, 0.29) is 17.6 Å². The van der Waals surface area contributed by atoms with Crippen LogP contribution in [0.2, 0.25) is 0 Å². The average molecular weight is 319 g/mol. The summed E-state index contributed by atoms with van der Waals surface area (Å²) >= 11 is 4.32. The summed E-state index contributed by atoms with van der Waals surface area (Å²) in [6.07, 6.45) is 0.867. The summed E-state index contributed by atoms with van der Waals surface area (Å²) < 4.78 is 10.7. The van der Waals surface area contributed by atoms with Crippen LogP contribution < -0.4 is 5.32 Å². The van der Waals surface area contributed by atoms with E-state index < -0.39 is 11.0 Å². The van der Waals surface area contributed by atoms with Crippen molar-refractivity contribution in [2.45, 2.75) is 45.4 Å². The highest BCUT2D eigenvalue weighted by Gasteiger charge is 2.31. The molecule has 0 fully saturated rings. The summed E-state index contributed by atoms with van der Waals surface area (Å²) in [7, 11) is 0. The Morgan fingerprint density at radius 3 is 2.29 bits per heavy atom. The minimum absolute atomic E-state index is 0.0166. The summed E-state index contributed by atoms with van der Waals surface area (Å²) in [5.74, 6) is 0.0411. The van der Waals surface area contributed by atoms with Gasteiger partial charge in [0.05, 0.1) is 25.4 Å². The summed E-state index contributed by atoms with van der Waals surface area (Å²) in [6.45, 7) is 11.2. The largest absolute Gasteiger partial charge is 0.378 e. The lowest BCUT2D eigenvalue weighted by Gasteiger charge is -2.26. The Hall–Kier alpha value is -0.430. The molecule has 0 bridgehead atoms. The maximum Gasteiger partial charge on any atom is 0.165 e. The van der Waals surface area contributed by atoms with E-state index in [0.29, 0.717) is 26.4 Å². The van der Waals surface area contributed by atoms with Gasteiger partial charge >= 0.3 is 0 Å². The van der Waals surface area contributed by atoms with E-state index >= 15 is 0 Å². The molecule has 0 rings (SSSR count). The lowest BCUT2D eigenvalue weighted by Crippen LogP contribution is -2.42. The molecule has 0 spiro atoms. The molecule has 0 aromatic carbocycles. The third kappa shape index (κ3) is 8.56. The second-order valence-corrected chi connectivity index (χ2v) is 7.03. The number of ketones is 1. The SMILES string of the molecule is CC(S)C(C)(C)C(=O)COCCOCCNC(C)(C)C=O.